The molecule has 2 heterocycles. The van der Waals surface area contributed by atoms with E-state index in [9.17, 15) is 0 Å². The Morgan fingerprint density at radius 3 is 2.67 bits per heavy atom. The summed E-state index contributed by atoms with van der Waals surface area (Å²) in [6.45, 7) is 6.88. The van der Waals surface area contributed by atoms with Crippen molar-refractivity contribution < 1.29 is 0 Å². The Morgan fingerprint density at radius 1 is 1.14 bits per heavy atom. The number of nitrogens with zero attached hydrogens (tertiary/aromatic N) is 2. The third kappa shape index (κ3) is 2.68. The second-order valence-corrected chi connectivity index (χ2v) is 6.62. The Labute approximate surface area is 127 Å². The average Bonchev–Trinajstić information content (AvgIpc) is 2.54. The van der Waals surface area contributed by atoms with Crippen LogP contribution in [0.2, 0.25) is 0 Å². The van der Waals surface area contributed by atoms with Gasteiger partial charge < -0.3 is 5.73 Å². The number of nitrogens with two attached hydrogens (primary N) is 1. The zero-order valence-corrected chi connectivity index (χ0v) is 13.0. The molecule has 0 amide bonds. The minimum Gasteiger partial charge on any atom is -0.322 e. The van der Waals surface area contributed by atoms with Crippen LogP contribution in [0.1, 0.15) is 44.7 Å². The third-order valence-electron chi connectivity index (χ3n) is 4.98. The van der Waals surface area contributed by atoms with Gasteiger partial charge in [-0.05, 0) is 56.8 Å². The zero-order valence-electron chi connectivity index (χ0n) is 13.0. The van der Waals surface area contributed by atoms with Crippen molar-refractivity contribution in [3.8, 4) is 0 Å². The lowest BCUT2D eigenvalue weighted by Crippen LogP contribution is -2.53. The first kappa shape index (κ1) is 14.5. The summed E-state index contributed by atoms with van der Waals surface area (Å²) in [6.07, 6.45) is 7.69. The van der Waals surface area contributed by atoms with Crippen LogP contribution >= 0.6 is 0 Å². The van der Waals surface area contributed by atoms with Crippen molar-refractivity contribution in [3.05, 3.63) is 42.2 Å². The summed E-state index contributed by atoms with van der Waals surface area (Å²) in [4.78, 5) is 6.77. The molecular formula is C18H25N3. The maximum atomic E-state index is 6.71. The van der Waals surface area contributed by atoms with Gasteiger partial charge in [-0.1, -0.05) is 24.6 Å². The van der Waals surface area contributed by atoms with Crippen LogP contribution in [0.3, 0.4) is 0 Å². The minimum atomic E-state index is -0.0298. The number of benzene rings is 1. The molecule has 0 spiro atoms. The van der Waals surface area contributed by atoms with E-state index in [4.69, 9.17) is 5.73 Å². The number of rotatable bonds is 3. The van der Waals surface area contributed by atoms with Crippen molar-refractivity contribution in [2.75, 3.05) is 13.1 Å². The first-order chi connectivity index (χ1) is 10.1. The van der Waals surface area contributed by atoms with E-state index in [1.165, 1.54) is 35.6 Å². The SMILES string of the molecule is CC(C)(C(N)c1cccc2cnccc12)N1CCCCC1. The highest BCUT2D eigenvalue weighted by Gasteiger charge is 2.35. The van der Waals surface area contributed by atoms with Gasteiger partial charge in [0.1, 0.15) is 0 Å². The summed E-state index contributed by atoms with van der Waals surface area (Å²) < 4.78 is 0. The highest BCUT2D eigenvalue weighted by molar-refractivity contribution is 5.85. The molecule has 0 saturated carbocycles. The molecule has 0 bridgehead atoms. The second kappa shape index (κ2) is 5.74. The monoisotopic (exact) mass is 283 g/mol. The fourth-order valence-electron chi connectivity index (χ4n) is 3.47. The summed E-state index contributed by atoms with van der Waals surface area (Å²) in [5.41, 5.74) is 7.91. The second-order valence-electron chi connectivity index (χ2n) is 6.62. The van der Waals surface area contributed by atoms with Crippen molar-refractivity contribution in [2.24, 2.45) is 5.73 Å². The Morgan fingerprint density at radius 2 is 1.90 bits per heavy atom. The van der Waals surface area contributed by atoms with Crippen LogP contribution < -0.4 is 5.73 Å². The number of piperidine rings is 1. The van der Waals surface area contributed by atoms with E-state index in [1.54, 1.807) is 0 Å². The maximum Gasteiger partial charge on any atom is 0.0482 e. The van der Waals surface area contributed by atoms with E-state index in [2.05, 4.69) is 48.0 Å². The minimum absolute atomic E-state index is 0.00157. The van der Waals surface area contributed by atoms with Gasteiger partial charge in [0, 0.05) is 29.4 Å². The smallest absolute Gasteiger partial charge is 0.0482 e. The quantitative estimate of drug-likeness (QED) is 0.937. The van der Waals surface area contributed by atoms with Crippen molar-refractivity contribution >= 4 is 10.8 Å². The van der Waals surface area contributed by atoms with Gasteiger partial charge in [-0.25, -0.2) is 0 Å². The van der Waals surface area contributed by atoms with Gasteiger partial charge in [0.25, 0.3) is 0 Å². The van der Waals surface area contributed by atoms with Crippen LogP contribution in [0.25, 0.3) is 10.8 Å². The molecule has 112 valence electrons. The van der Waals surface area contributed by atoms with Crippen molar-refractivity contribution in [1.29, 1.82) is 0 Å². The van der Waals surface area contributed by atoms with Gasteiger partial charge >= 0.3 is 0 Å². The molecule has 0 aliphatic carbocycles. The third-order valence-corrected chi connectivity index (χ3v) is 4.98. The molecule has 0 radical (unpaired) electrons. The fourth-order valence-corrected chi connectivity index (χ4v) is 3.47. The molecule has 1 saturated heterocycles. The highest BCUT2D eigenvalue weighted by atomic mass is 15.2. The molecule has 1 aromatic carbocycles. The predicted molar refractivity (Wildman–Crippen MR) is 88.2 cm³/mol. The molecule has 2 N–H and O–H groups in total. The van der Waals surface area contributed by atoms with Crippen LogP contribution in [-0.2, 0) is 0 Å². The molecule has 3 heteroatoms. The van der Waals surface area contributed by atoms with E-state index >= 15 is 0 Å². The summed E-state index contributed by atoms with van der Waals surface area (Å²) >= 11 is 0. The molecule has 2 aromatic rings. The lowest BCUT2D eigenvalue weighted by molar-refractivity contribution is 0.0733. The molecule has 3 nitrogen and oxygen atoms in total. The molecule has 1 atom stereocenters. The van der Waals surface area contributed by atoms with Crippen molar-refractivity contribution in [3.63, 3.8) is 0 Å². The predicted octanol–water partition coefficient (Wildman–Crippen LogP) is 3.50. The Kier molecular flexibility index (Phi) is 3.96. The number of aromatic nitrogens is 1. The summed E-state index contributed by atoms with van der Waals surface area (Å²) in [6, 6.07) is 8.44. The standard InChI is InChI=1S/C18H25N3/c1-18(2,21-11-4-3-5-12-21)17(19)16-8-6-7-14-13-20-10-9-15(14)16/h6-10,13,17H,3-5,11-12,19H2,1-2H3. The van der Waals surface area contributed by atoms with Gasteiger partial charge in [-0.15, -0.1) is 0 Å². The van der Waals surface area contributed by atoms with Gasteiger partial charge in [0.05, 0.1) is 0 Å². The van der Waals surface area contributed by atoms with Crippen LogP contribution in [0, 0.1) is 0 Å². The summed E-state index contributed by atoms with van der Waals surface area (Å²) in [5.74, 6) is 0. The van der Waals surface area contributed by atoms with Gasteiger partial charge in [-0.3, -0.25) is 9.88 Å². The van der Waals surface area contributed by atoms with Crippen molar-refractivity contribution in [2.45, 2.75) is 44.7 Å². The Hall–Kier alpha value is -1.45. The molecule has 1 fully saturated rings. The number of likely N-dealkylation sites (tertiary alicyclic amines) is 1. The zero-order chi connectivity index (χ0) is 14.9. The molecular weight excluding hydrogens is 258 g/mol. The number of pyridine rings is 1. The van der Waals surface area contributed by atoms with Crippen LogP contribution in [-0.4, -0.2) is 28.5 Å². The lowest BCUT2D eigenvalue weighted by atomic mass is 9.84. The molecule has 1 aliphatic rings. The number of hydrogen-bond donors (Lipinski definition) is 1. The van der Waals surface area contributed by atoms with E-state index in [-0.39, 0.29) is 11.6 Å². The maximum absolute atomic E-state index is 6.71. The number of fused-ring (bicyclic) bond motifs is 1. The molecule has 1 aromatic heterocycles. The summed E-state index contributed by atoms with van der Waals surface area (Å²) in [5, 5.41) is 2.39. The van der Waals surface area contributed by atoms with Crippen molar-refractivity contribution in [1.82, 2.24) is 9.88 Å². The van der Waals surface area contributed by atoms with Gasteiger partial charge in [0.15, 0.2) is 0 Å². The molecule has 21 heavy (non-hydrogen) atoms. The summed E-state index contributed by atoms with van der Waals surface area (Å²) in [7, 11) is 0. The highest BCUT2D eigenvalue weighted by Crippen LogP contribution is 2.34. The van der Waals surface area contributed by atoms with E-state index in [0.717, 1.165) is 13.1 Å². The molecule has 3 rings (SSSR count). The van der Waals surface area contributed by atoms with Crippen LogP contribution in [0.4, 0.5) is 0 Å². The Balaban J connectivity index is 1.97. The van der Waals surface area contributed by atoms with Gasteiger partial charge in [-0.2, -0.15) is 0 Å². The number of hydrogen-bond acceptors (Lipinski definition) is 3. The largest absolute Gasteiger partial charge is 0.322 e. The van der Waals surface area contributed by atoms with Crippen LogP contribution in [0.15, 0.2) is 36.7 Å². The Bertz CT molecular complexity index is 609. The first-order valence-electron chi connectivity index (χ1n) is 7.94. The first-order valence-corrected chi connectivity index (χ1v) is 7.94. The fraction of sp³-hybridized carbons (Fsp3) is 0.500. The normalized spacial score (nSPS) is 18.8. The lowest BCUT2D eigenvalue weighted by Gasteiger charge is -2.45. The molecule has 1 aliphatic heterocycles. The van der Waals surface area contributed by atoms with E-state index in [0.29, 0.717) is 0 Å². The van der Waals surface area contributed by atoms with Crippen LogP contribution in [0.5, 0.6) is 0 Å². The average molecular weight is 283 g/mol. The topological polar surface area (TPSA) is 42.1 Å². The van der Waals surface area contributed by atoms with E-state index in [1.807, 2.05) is 12.4 Å². The van der Waals surface area contributed by atoms with Gasteiger partial charge in [0.2, 0.25) is 0 Å². The van der Waals surface area contributed by atoms with E-state index < -0.39 is 0 Å². The molecule has 1 unspecified atom stereocenters.